The SMILES string of the molecule is Cc1nnc(CSc2nnc(-c3ccc(F)cc3)n2-c2ccccc2)o1. The van der Waals surface area contributed by atoms with Crippen LogP contribution in [0, 0.1) is 12.7 Å². The Kier molecular flexibility index (Phi) is 4.49. The van der Waals surface area contributed by atoms with Crippen LogP contribution in [0.5, 0.6) is 0 Å². The molecule has 0 aliphatic heterocycles. The van der Waals surface area contributed by atoms with E-state index in [1.54, 1.807) is 19.1 Å². The highest BCUT2D eigenvalue weighted by Crippen LogP contribution is 2.29. The lowest BCUT2D eigenvalue weighted by molar-refractivity contribution is 0.485. The molecule has 2 heterocycles. The number of aryl methyl sites for hydroxylation is 1. The first-order valence-electron chi connectivity index (χ1n) is 7.89. The van der Waals surface area contributed by atoms with Crippen molar-refractivity contribution in [1.29, 1.82) is 0 Å². The fraction of sp³-hybridized carbons (Fsp3) is 0.111. The van der Waals surface area contributed by atoms with Crippen LogP contribution in [0.15, 0.2) is 64.2 Å². The van der Waals surface area contributed by atoms with E-state index < -0.39 is 0 Å². The smallest absolute Gasteiger partial charge is 0.226 e. The standard InChI is InChI=1S/C18H14FN5OS/c1-12-20-21-16(25-12)11-26-18-23-22-17(13-7-9-14(19)10-8-13)24(18)15-5-3-2-4-6-15/h2-10H,11H2,1H3. The van der Waals surface area contributed by atoms with Gasteiger partial charge < -0.3 is 4.42 Å². The summed E-state index contributed by atoms with van der Waals surface area (Å²) in [5, 5.41) is 17.1. The molecule has 0 amide bonds. The van der Waals surface area contributed by atoms with Crippen LogP contribution in [0.4, 0.5) is 4.39 Å². The molecule has 6 nitrogen and oxygen atoms in total. The molecule has 0 N–H and O–H groups in total. The molecule has 0 aliphatic rings. The van der Waals surface area contributed by atoms with Crippen LogP contribution in [-0.4, -0.2) is 25.0 Å². The number of benzene rings is 2. The van der Waals surface area contributed by atoms with Gasteiger partial charge in [0.1, 0.15) is 5.82 Å². The van der Waals surface area contributed by atoms with Gasteiger partial charge in [-0.2, -0.15) is 0 Å². The van der Waals surface area contributed by atoms with Gasteiger partial charge in [-0.15, -0.1) is 20.4 Å². The number of thioether (sulfide) groups is 1. The average Bonchev–Trinajstić information content (AvgIpc) is 3.27. The van der Waals surface area contributed by atoms with Gasteiger partial charge in [0.05, 0.1) is 5.75 Å². The lowest BCUT2D eigenvalue weighted by Crippen LogP contribution is -1.99. The monoisotopic (exact) mass is 367 g/mol. The molecule has 8 heteroatoms. The largest absolute Gasteiger partial charge is 0.425 e. The van der Waals surface area contributed by atoms with E-state index in [0.29, 0.717) is 28.5 Å². The molecule has 2 aromatic heterocycles. The number of rotatable bonds is 5. The van der Waals surface area contributed by atoms with Crippen molar-refractivity contribution in [2.45, 2.75) is 17.8 Å². The normalized spacial score (nSPS) is 11.0. The van der Waals surface area contributed by atoms with Crippen molar-refractivity contribution in [1.82, 2.24) is 25.0 Å². The van der Waals surface area contributed by atoms with Crippen LogP contribution in [-0.2, 0) is 5.75 Å². The molecule has 26 heavy (non-hydrogen) atoms. The lowest BCUT2D eigenvalue weighted by Gasteiger charge is -2.09. The topological polar surface area (TPSA) is 69.6 Å². The summed E-state index contributed by atoms with van der Waals surface area (Å²) in [5.74, 6) is 1.88. The Labute approximate surface area is 153 Å². The Morgan fingerprint density at radius 3 is 2.42 bits per heavy atom. The van der Waals surface area contributed by atoms with Crippen LogP contribution >= 0.6 is 11.8 Å². The van der Waals surface area contributed by atoms with Gasteiger partial charge in [-0.1, -0.05) is 30.0 Å². The third-order valence-corrected chi connectivity index (χ3v) is 4.56. The number of para-hydroxylation sites is 1. The van der Waals surface area contributed by atoms with Gasteiger partial charge in [-0.05, 0) is 36.4 Å². The van der Waals surface area contributed by atoms with Crippen molar-refractivity contribution >= 4 is 11.8 Å². The number of nitrogens with zero attached hydrogens (tertiary/aromatic N) is 5. The number of halogens is 1. The van der Waals surface area contributed by atoms with Crippen LogP contribution in [0.2, 0.25) is 0 Å². The first kappa shape index (κ1) is 16.5. The molecule has 0 unspecified atom stereocenters. The van der Waals surface area contributed by atoms with Crippen molar-refractivity contribution in [3.05, 3.63) is 72.2 Å². The molecule has 4 rings (SSSR count). The van der Waals surface area contributed by atoms with E-state index in [4.69, 9.17) is 4.42 Å². The Balaban J connectivity index is 1.73. The summed E-state index contributed by atoms with van der Waals surface area (Å²) in [6.45, 7) is 1.75. The molecule has 130 valence electrons. The van der Waals surface area contributed by atoms with Crippen molar-refractivity contribution in [3.63, 3.8) is 0 Å². The highest BCUT2D eigenvalue weighted by atomic mass is 32.2. The van der Waals surface area contributed by atoms with Crippen molar-refractivity contribution in [3.8, 4) is 17.1 Å². The minimum atomic E-state index is -0.291. The maximum atomic E-state index is 13.3. The van der Waals surface area contributed by atoms with Gasteiger partial charge in [-0.25, -0.2) is 4.39 Å². The van der Waals surface area contributed by atoms with E-state index in [9.17, 15) is 4.39 Å². The predicted molar refractivity (Wildman–Crippen MR) is 95.3 cm³/mol. The first-order chi connectivity index (χ1) is 12.7. The number of hydrogen-bond donors (Lipinski definition) is 0. The van der Waals surface area contributed by atoms with Crippen molar-refractivity contribution in [2.75, 3.05) is 0 Å². The Hall–Kier alpha value is -3.00. The Morgan fingerprint density at radius 1 is 0.962 bits per heavy atom. The van der Waals surface area contributed by atoms with Crippen LogP contribution in [0.1, 0.15) is 11.8 Å². The van der Waals surface area contributed by atoms with Gasteiger partial charge in [0.15, 0.2) is 11.0 Å². The minimum absolute atomic E-state index is 0.291. The quantitative estimate of drug-likeness (QED) is 0.496. The van der Waals surface area contributed by atoms with Gasteiger partial charge in [-0.3, -0.25) is 4.57 Å². The molecule has 0 aliphatic carbocycles. The molecule has 0 radical (unpaired) electrons. The first-order valence-corrected chi connectivity index (χ1v) is 8.88. The molecule has 0 saturated carbocycles. The molecular formula is C18H14FN5OS. The maximum absolute atomic E-state index is 13.3. The fourth-order valence-electron chi connectivity index (χ4n) is 2.48. The zero-order chi connectivity index (χ0) is 17.9. The van der Waals surface area contributed by atoms with Crippen LogP contribution in [0.3, 0.4) is 0 Å². The Morgan fingerprint density at radius 2 is 1.73 bits per heavy atom. The van der Waals surface area contributed by atoms with E-state index in [1.165, 1.54) is 23.9 Å². The van der Waals surface area contributed by atoms with Crippen LogP contribution < -0.4 is 0 Å². The summed E-state index contributed by atoms with van der Waals surface area (Å²) in [6.07, 6.45) is 0. The molecule has 0 bridgehead atoms. The van der Waals surface area contributed by atoms with E-state index in [0.717, 1.165) is 11.3 Å². The highest BCUT2D eigenvalue weighted by Gasteiger charge is 2.17. The second-order valence-electron chi connectivity index (χ2n) is 5.49. The van der Waals surface area contributed by atoms with Crippen molar-refractivity contribution in [2.24, 2.45) is 0 Å². The summed E-state index contributed by atoms with van der Waals surface area (Å²) in [4.78, 5) is 0. The molecule has 2 aromatic carbocycles. The molecular weight excluding hydrogens is 353 g/mol. The van der Waals surface area contributed by atoms with E-state index in [2.05, 4.69) is 20.4 Å². The second-order valence-corrected chi connectivity index (χ2v) is 6.43. The third-order valence-electron chi connectivity index (χ3n) is 3.64. The average molecular weight is 367 g/mol. The maximum Gasteiger partial charge on any atom is 0.226 e. The molecule has 0 fully saturated rings. The third kappa shape index (κ3) is 3.36. The predicted octanol–water partition coefficient (Wildman–Crippen LogP) is 4.06. The fourth-order valence-corrected chi connectivity index (χ4v) is 3.27. The number of hydrogen-bond acceptors (Lipinski definition) is 6. The molecule has 0 spiro atoms. The van der Waals surface area contributed by atoms with E-state index in [-0.39, 0.29) is 5.82 Å². The molecule has 0 saturated heterocycles. The number of aromatic nitrogens is 5. The molecule has 0 atom stereocenters. The van der Waals surface area contributed by atoms with Gasteiger partial charge >= 0.3 is 0 Å². The van der Waals surface area contributed by atoms with Crippen molar-refractivity contribution < 1.29 is 8.81 Å². The summed E-state index contributed by atoms with van der Waals surface area (Å²) in [7, 11) is 0. The minimum Gasteiger partial charge on any atom is -0.425 e. The van der Waals surface area contributed by atoms with Crippen LogP contribution in [0.25, 0.3) is 17.1 Å². The highest BCUT2D eigenvalue weighted by molar-refractivity contribution is 7.98. The molecule has 4 aromatic rings. The van der Waals surface area contributed by atoms with Gasteiger partial charge in [0.25, 0.3) is 0 Å². The van der Waals surface area contributed by atoms with Gasteiger partial charge in [0.2, 0.25) is 11.8 Å². The summed E-state index contributed by atoms with van der Waals surface area (Å²) in [6, 6.07) is 16.0. The zero-order valence-corrected chi connectivity index (χ0v) is 14.7. The van der Waals surface area contributed by atoms with E-state index in [1.807, 2.05) is 34.9 Å². The summed E-state index contributed by atoms with van der Waals surface area (Å²) < 4.78 is 20.6. The lowest BCUT2D eigenvalue weighted by atomic mass is 10.2. The second kappa shape index (κ2) is 7.09. The summed E-state index contributed by atoms with van der Waals surface area (Å²) >= 11 is 1.45. The van der Waals surface area contributed by atoms with E-state index >= 15 is 0 Å². The summed E-state index contributed by atoms with van der Waals surface area (Å²) in [5.41, 5.74) is 1.70. The van der Waals surface area contributed by atoms with Gasteiger partial charge in [0, 0.05) is 18.2 Å². The Bertz CT molecular complexity index is 1010. The zero-order valence-electron chi connectivity index (χ0n) is 13.8.